The molecule has 7 heteroatoms. The van der Waals surface area contributed by atoms with Crippen molar-refractivity contribution in [1.29, 1.82) is 0 Å². The van der Waals surface area contributed by atoms with E-state index in [1.54, 1.807) is 0 Å². The van der Waals surface area contributed by atoms with Crippen molar-refractivity contribution >= 4 is 35.8 Å². The predicted molar refractivity (Wildman–Crippen MR) is 122 cm³/mol. The zero-order chi connectivity index (χ0) is 18.2. The van der Waals surface area contributed by atoms with Crippen LogP contribution < -0.4 is 15.5 Å². The molecule has 1 saturated heterocycles. The number of pyridine rings is 1. The van der Waals surface area contributed by atoms with E-state index in [0.717, 1.165) is 49.9 Å². The smallest absolute Gasteiger partial charge is 0.191 e. The van der Waals surface area contributed by atoms with E-state index in [4.69, 9.17) is 4.99 Å². The normalized spacial score (nSPS) is 16.3. The molecule has 0 aliphatic carbocycles. The van der Waals surface area contributed by atoms with Crippen LogP contribution in [0.4, 0.5) is 5.82 Å². The Kier molecular flexibility index (Phi) is 10.2. The Labute approximate surface area is 175 Å². The van der Waals surface area contributed by atoms with Gasteiger partial charge < -0.3 is 20.4 Å². The first kappa shape index (κ1) is 23.0. The largest absolute Gasteiger partial charge is 0.363 e. The number of nitrogens with one attached hydrogen (secondary N) is 2. The third-order valence-corrected chi connectivity index (χ3v) is 4.59. The highest BCUT2D eigenvalue weighted by atomic mass is 127. The third kappa shape index (κ3) is 7.26. The van der Waals surface area contributed by atoms with Crippen LogP contribution in [0.2, 0.25) is 0 Å². The molecule has 1 aromatic heterocycles. The van der Waals surface area contributed by atoms with Crippen LogP contribution in [0.1, 0.15) is 39.3 Å². The lowest BCUT2D eigenvalue weighted by Crippen LogP contribution is -2.49. The summed E-state index contributed by atoms with van der Waals surface area (Å²) in [6, 6.07) is 7.21. The van der Waals surface area contributed by atoms with Crippen LogP contribution in [0, 0.1) is 0 Å². The molecule has 1 aliphatic heterocycles. The number of piperidine rings is 1. The number of halogens is 1. The summed E-state index contributed by atoms with van der Waals surface area (Å²) in [5, 5.41) is 6.96. The first-order chi connectivity index (χ1) is 12.0. The van der Waals surface area contributed by atoms with Crippen molar-refractivity contribution in [2.75, 3.05) is 38.6 Å². The molecule has 0 amide bonds. The lowest BCUT2D eigenvalue weighted by atomic mass is 10.0. The lowest BCUT2D eigenvalue weighted by Gasteiger charge is -2.35. The van der Waals surface area contributed by atoms with E-state index in [1.807, 2.05) is 37.2 Å². The average molecular weight is 474 g/mol. The number of hydrogen-bond acceptors (Lipinski definition) is 4. The maximum Gasteiger partial charge on any atom is 0.191 e. The van der Waals surface area contributed by atoms with Crippen molar-refractivity contribution in [3.05, 3.63) is 23.9 Å². The molecule has 0 bridgehead atoms. The monoisotopic (exact) mass is 474 g/mol. The minimum atomic E-state index is 0. The highest BCUT2D eigenvalue weighted by Crippen LogP contribution is 2.13. The molecule has 148 valence electrons. The van der Waals surface area contributed by atoms with Gasteiger partial charge in [0.2, 0.25) is 0 Å². The zero-order valence-electron chi connectivity index (χ0n) is 16.8. The Morgan fingerprint density at radius 2 is 2.00 bits per heavy atom. The standard InChI is InChI=1S/C19H34N6.HI/c1-6-20-19(23-16-10-12-25(13-11-16)15(2)3)21-14-17-8-7-9-18(22-17)24(4)5;/h7-9,15-16H,6,10-14H2,1-5H3,(H2,20,21,23);1H. The van der Waals surface area contributed by atoms with E-state index in [2.05, 4.69) is 41.3 Å². The third-order valence-electron chi connectivity index (χ3n) is 4.59. The van der Waals surface area contributed by atoms with E-state index < -0.39 is 0 Å². The fourth-order valence-corrected chi connectivity index (χ4v) is 3.04. The van der Waals surface area contributed by atoms with Crippen LogP contribution in [0.25, 0.3) is 0 Å². The van der Waals surface area contributed by atoms with E-state index in [9.17, 15) is 0 Å². The van der Waals surface area contributed by atoms with Gasteiger partial charge in [0.05, 0.1) is 12.2 Å². The quantitative estimate of drug-likeness (QED) is 0.377. The summed E-state index contributed by atoms with van der Waals surface area (Å²) in [6.45, 7) is 10.4. The van der Waals surface area contributed by atoms with Crippen molar-refractivity contribution in [1.82, 2.24) is 20.5 Å². The first-order valence-electron chi connectivity index (χ1n) is 9.41. The molecule has 2 heterocycles. The summed E-state index contributed by atoms with van der Waals surface area (Å²) in [6.07, 6.45) is 2.33. The summed E-state index contributed by atoms with van der Waals surface area (Å²) >= 11 is 0. The molecule has 0 unspecified atom stereocenters. The molecular formula is C19H35IN6. The van der Waals surface area contributed by atoms with Crippen LogP contribution in [-0.2, 0) is 6.54 Å². The van der Waals surface area contributed by atoms with Crippen molar-refractivity contribution in [2.45, 2.75) is 52.2 Å². The Balaban J connectivity index is 0.00000338. The molecule has 0 aromatic carbocycles. The van der Waals surface area contributed by atoms with Gasteiger partial charge in [-0.2, -0.15) is 0 Å². The fourth-order valence-electron chi connectivity index (χ4n) is 3.04. The number of likely N-dealkylation sites (tertiary alicyclic amines) is 1. The topological polar surface area (TPSA) is 55.8 Å². The molecule has 0 radical (unpaired) electrons. The Morgan fingerprint density at radius 1 is 1.31 bits per heavy atom. The molecule has 2 rings (SSSR count). The molecule has 26 heavy (non-hydrogen) atoms. The van der Waals surface area contributed by atoms with Crippen LogP contribution in [0.15, 0.2) is 23.2 Å². The van der Waals surface area contributed by atoms with E-state index >= 15 is 0 Å². The van der Waals surface area contributed by atoms with E-state index in [1.165, 1.54) is 0 Å². The molecule has 1 fully saturated rings. The Morgan fingerprint density at radius 3 is 2.58 bits per heavy atom. The van der Waals surface area contributed by atoms with Crippen LogP contribution in [-0.4, -0.2) is 61.7 Å². The molecular weight excluding hydrogens is 439 g/mol. The van der Waals surface area contributed by atoms with Gasteiger partial charge in [0.25, 0.3) is 0 Å². The minimum Gasteiger partial charge on any atom is -0.363 e. The van der Waals surface area contributed by atoms with Gasteiger partial charge in [0, 0.05) is 45.8 Å². The summed E-state index contributed by atoms with van der Waals surface area (Å²) in [7, 11) is 4.01. The molecule has 0 saturated carbocycles. The van der Waals surface area contributed by atoms with E-state index in [0.29, 0.717) is 18.6 Å². The molecule has 0 atom stereocenters. The second-order valence-corrected chi connectivity index (χ2v) is 7.13. The fraction of sp³-hybridized carbons (Fsp3) is 0.684. The number of rotatable bonds is 6. The second kappa shape index (κ2) is 11.6. The average Bonchev–Trinajstić information content (AvgIpc) is 2.60. The van der Waals surface area contributed by atoms with Gasteiger partial charge in [-0.05, 0) is 45.7 Å². The highest BCUT2D eigenvalue weighted by Gasteiger charge is 2.21. The van der Waals surface area contributed by atoms with Gasteiger partial charge in [-0.25, -0.2) is 9.98 Å². The summed E-state index contributed by atoms with van der Waals surface area (Å²) in [5.41, 5.74) is 0.984. The molecule has 6 nitrogen and oxygen atoms in total. The number of guanidine groups is 1. The summed E-state index contributed by atoms with van der Waals surface area (Å²) in [5.74, 6) is 1.86. The Bertz CT molecular complexity index is 553. The molecule has 0 spiro atoms. The van der Waals surface area contributed by atoms with Gasteiger partial charge in [0.15, 0.2) is 5.96 Å². The van der Waals surface area contributed by atoms with Crippen LogP contribution in [0.3, 0.4) is 0 Å². The van der Waals surface area contributed by atoms with Crippen molar-refractivity contribution in [2.24, 2.45) is 4.99 Å². The van der Waals surface area contributed by atoms with Crippen LogP contribution in [0.5, 0.6) is 0 Å². The number of nitrogens with zero attached hydrogens (tertiary/aromatic N) is 4. The molecule has 1 aromatic rings. The lowest BCUT2D eigenvalue weighted by molar-refractivity contribution is 0.167. The van der Waals surface area contributed by atoms with Gasteiger partial charge in [-0.15, -0.1) is 24.0 Å². The number of hydrogen-bond donors (Lipinski definition) is 2. The number of anilines is 1. The van der Waals surface area contributed by atoms with Gasteiger partial charge in [-0.1, -0.05) is 6.07 Å². The Hall–Kier alpha value is -1.09. The van der Waals surface area contributed by atoms with Crippen molar-refractivity contribution < 1.29 is 0 Å². The summed E-state index contributed by atoms with van der Waals surface area (Å²) < 4.78 is 0. The number of aliphatic imine (C=N–C) groups is 1. The predicted octanol–water partition coefficient (Wildman–Crippen LogP) is 2.69. The van der Waals surface area contributed by atoms with Crippen molar-refractivity contribution in [3.8, 4) is 0 Å². The van der Waals surface area contributed by atoms with Crippen molar-refractivity contribution in [3.63, 3.8) is 0 Å². The molecule has 2 N–H and O–H groups in total. The molecule has 1 aliphatic rings. The first-order valence-corrected chi connectivity index (χ1v) is 9.41. The van der Waals surface area contributed by atoms with Gasteiger partial charge in [0.1, 0.15) is 5.82 Å². The maximum atomic E-state index is 4.73. The van der Waals surface area contributed by atoms with Crippen LogP contribution >= 0.6 is 24.0 Å². The minimum absolute atomic E-state index is 0. The SMILES string of the molecule is CCNC(=NCc1cccc(N(C)C)n1)NC1CCN(C(C)C)CC1.I. The number of aromatic nitrogens is 1. The highest BCUT2D eigenvalue weighted by molar-refractivity contribution is 14.0. The zero-order valence-corrected chi connectivity index (χ0v) is 19.2. The second-order valence-electron chi connectivity index (χ2n) is 7.13. The van der Waals surface area contributed by atoms with Gasteiger partial charge in [-0.3, -0.25) is 0 Å². The summed E-state index contributed by atoms with van der Waals surface area (Å²) in [4.78, 5) is 13.9. The maximum absolute atomic E-state index is 4.73. The van der Waals surface area contributed by atoms with E-state index in [-0.39, 0.29) is 24.0 Å². The van der Waals surface area contributed by atoms with Gasteiger partial charge >= 0.3 is 0 Å².